The summed E-state index contributed by atoms with van der Waals surface area (Å²) in [5.74, 6) is 0. The molecule has 2 atom stereocenters. The first-order valence-corrected chi connectivity index (χ1v) is 6.59. The van der Waals surface area contributed by atoms with Crippen LogP contribution >= 0.6 is 15.6 Å². The molecule has 0 rings (SSSR count). The Morgan fingerprint density at radius 1 is 1.00 bits per heavy atom. The standard InChI is InChI=1S/C6H12O7P2.Zn/c1-3-5-11-14(7,8)13-15(9,10)12-6-4-2;/h3-4H,1-2,5-6H2,(H,7,8)(H,9,10);/q;+2/p-2. The Labute approximate surface area is 106 Å². The van der Waals surface area contributed by atoms with E-state index in [4.69, 9.17) is 0 Å². The molecule has 0 aliphatic rings. The van der Waals surface area contributed by atoms with Crippen LogP contribution in [0.25, 0.3) is 0 Å². The van der Waals surface area contributed by atoms with Gasteiger partial charge in [0.05, 0.1) is 13.2 Å². The van der Waals surface area contributed by atoms with Crippen LogP contribution < -0.4 is 9.79 Å². The molecule has 88 valence electrons. The third-order valence-corrected chi connectivity index (χ3v) is 3.43. The average Bonchev–Trinajstić information content (AvgIpc) is 2.10. The van der Waals surface area contributed by atoms with Gasteiger partial charge >= 0.3 is 19.5 Å². The maximum atomic E-state index is 10.8. The van der Waals surface area contributed by atoms with E-state index in [1.54, 1.807) is 0 Å². The molecule has 0 heterocycles. The molecule has 0 radical (unpaired) electrons. The summed E-state index contributed by atoms with van der Waals surface area (Å²) >= 11 is 0. The van der Waals surface area contributed by atoms with Gasteiger partial charge in [0.2, 0.25) is 0 Å². The molecular weight excluding hydrogens is 311 g/mol. The minimum atomic E-state index is -4.93. The molecule has 0 aliphatic carbocycles. The van der Waals surface area contributed by atoms with E-state index >= 15 is 0 Å². The Bertz CT molecular complexity index is 288. The molecule has 0 aromatic heterocycles. The van der Waals surface area contributed by atoms with Crippen LogP contribution in [0.3, 0.4) is 0 Å². The number of rotatable bonds is 8. The van der Waals surface area contributed by atoms with Crippen LogP contribution in [0.1, 0.15) is 0 Å². The fourth-order valence-corrected chi connectivity index (χ4v) is 2.39. The zero-order valence-corrected chi connectivity index (χ0v) is 13.2. The van der Waals surface area contributed by atoms with Gasteiger partial charge in [-0.1, -0.05) is 12.2 Å². The van der Waals surface area contributed by atoms with E-state index < -0.39 is 15.6 Å². The molecule has 0 aromatic carbocycles. The summed E-state index contributed by atoms with van der Waals surface area (Å²) in [5, 5.41) is 0. The minimum absolute atomic E-state index is 0. The van der Waals surface area contributed by atoms with E-state index in [-0.39, 0.29) is 32.7 Å². The summed E-state index contributed by atoms with van der Waals surface area (Å²) in [4.78, 5) is 21.7. The van der Waals surface area contributed by atoms with Crippen LogP contribution in [0.2, 0.25) is 0 Å². The van der Waals surface area contributed by atoms with Crippen molar-refractivity contribution in [2.24, 2.45) is 0 Å². The summed E-state index contributed by atoms with van der Waals surface area (Å²) in [5.41, 5.74) is 0. The first kappa shape index (κ1) is 18.7. The van der Waals surface area contributed by atoms with Gasteiger partial charge in [-0.15, -0.1) is 13.2 Å². The summed E-state index contributed by atoms with van der Waals surface area (Å²) in [7, 11) is -9.85. The van der Waals surface area contributed by atoms with E-state index in [1.807, 2.05) is 0 Å². The van der Waals surface area contributed by atoms with E-state index in [0.29, 0.717) is 0 Å². The monoisotopic (exact) mass is 320 g/mol. The molecular formula is C6H10O7P2Zn. The quantitative estimate of drug-likeness (QED) is 0.360. The number of phosphoric ester groups is 2. The van der Waals surface area contributed by atoms with Crippen molar-refractivity contribution in [3.8, 4) is 0 Å². The van der Waals surface area contributed by atoms with Gasteiger partial charge in [0.15, 0.2) is 0 Å². The average molecular weight is 321 g/mol. The minimum Gasteiger partial charge on any atom is -0.756 e. The van der Waals surface area contributed by atoms with Crippen molar-refractivity contribution in [1.29, 1.82) is 0 Å². The first-order valence-electron chi connectivity index (χ1n) is 3.67. The van der Waals surface area contributed by atoms with Gasteiger partial charge in [-0.05, 0) is 0 Å². The van der Waals surface area contributed by atoms with Gasteiger partial charge in [0.25, 0.3) is 15.6 Å². The Morgan fingerprint density at radius 2 is 1.31 bits per heavy atom. The Kier molecular flexibility index (Phi) is 9.89. The van der Waals surface area contributed by atoms with Gasteiger partial charge in [-0.25, -0.2) is 4.31 Å². The number of phosphoric acid groups is 2. The first-order chi connectivity index (χ1) is 6.83. The van der Waals surface area contributed by atoms with Gasteiger partial charge in [-0.3, -0.25) is 9.13 Å². The van der Waals surface area contributed by atoms with Gasteiger partial charge < -0.3 is 18.8 Å². The van der Waals surface area contributed by atoms with Gasteiger partial charge in [0.1, 0.15) is 0 Å². The molecule has 0 saturated carbocycles. The fourth-order valence-electron chi connectivity index (χ4n) is 0.458. The van der Waals surface area contributed by atoms with Gasteiger partial charge in [0, 0.05) is 0 Å². The third-order valence-electron chi connectivity index (χ3n) is 0.901. The van der Waals surface area contributed by atoms with Crippen LogP contribution in [0.15, 0.2) is 25.3 Å². The maximum absolute atomic E-state index is 10.8. The summed E-state index contributed by atoms with van der Waals surface area (Å²) < 4.78 is 33.5. The smallest absolute Gasteiger partial charge is 0.756 e. The third kappa shape index (κ3) is 9.58. The van der Waals surface area contributed by atoms with Crippen molar-refractivity contribution < 1.29 is 51.8 Å². The van der Waals surface area contributed by atoms with Crippen molar-refractivity contribution >= 4 is 15.6 Å². The zero-order valence-electron chi connectivity index (χ0n) is 8.44. The second-order valence-corrected chi connectivity index (χ2v) is 5.10. The Balaban J connectivity index is 0. The second-order valence-electron chi connectivity index (χ2n) is 2.14. The van der Waals surface area contributed by atoms with E-state index in [0.717, 1.165) is 12.2 Å². The summed E-state index contributed by atoms with van der Waals surface area (Å²) in [6, 6.07) is 0. The van der Waals surface area contributed by atoms with Crippen molar-refractivity contribution in [2.45, 2.75) is 0 Å². The molecule has 0 spiro atoms. The molecule has 7 nitrogen and oxygen atoms in total. The fraction of sp³-hybridized carbons (Fsp3) is 0.333. The van der Waals surface area contributed by atoms with Crippen LogP contribution in [-0.2, 0) is 42.0 Å². The topological polar surface area (TPSA) is 108 Å². The van der Waals surface area contributed by atoms with E-state index in [9.17, 15) is 18.9 Å². The Morgan fingerprint density at radius 3 is 1.56 bits per heavy atom. The summed E-state index contributed by atoms with van der Waals surface area (Å²) in [6.45, 7) is 5.58. The van der Waals surface area contributed by atoms with Crippen molar-refractivity contribution in [2.75, 3.05) is 13.2 Å². The Hall–Kier alpha value is 0.363. The molecule has 0 amide bonds. The molecule has 0 fully saturated rings. The van der Waals surface area contributed by atoms with E-state index in [2.05, 4.69) is 26.5 Å². The van der Waals surface area contributed by atoms with Crippen molar-refractivity contribution in [3.05, 3.63) is 25.3 Å². The van der Waals surface area contributed by atoms with Crippen molar-refractivity contribution in [3.63, 3.8) is 0 Å². The zero-order chi connectivity index (χ0) is 11.9. The maximum Gasteiger partial charge on any atom is 2.00 e. The predicted molar refractivity (Wildman–Crippen MR) is 48.6 cm³/mol. The number of hydrogen-bond donors (Lipinski definition) is 0. The largest absolute Gasteiger partial charge is 2.00 e. The van der Waals surface area contributed by atoms with Crippen LogP contribution in [0.5, 0.6) is 0 Å². The molecule has 0 N–H and O–H groups in total. The number of hydrogen-bond acceptors (Lipinski definition) is 7. The molecule has 0 saturated heterocycles. The SMILES string of the molecule is C=CCOP(=O)([O-])OP(=O)([O-])OCC=C.[Zn+2]. The predicted octanol–water partition coefficient (Wildman–Crippen LogP) is 0.342. The van der Waals surface area contributed by atoms with Crippen LogP contribution in [0.4, 0.5) is 0 Å². The van der Waals surface area contributed by atoms with Gasteiger partial charge in [-0.2, -0.15) is 0 Å². The van der Waals surface area contributed by atoms with E-state index in [1.165, 1.54) is 0 Å². The second kappa shape index (κ2) is 8.45. The van der Waals surface area contributed by atoms with Crippen LogP contribution in [0, 0.1) is 0 Å². The molecule has 16 heavy (non-hydrogen) atoms. The molecule has 10 heteroatoms. The molecule has 2 unspecified atom stereocenters. The van der Waals surface area contributed by atoms with Crippen molar-refractivity contribution in [1.82, 2.24) is 0 Å². The van der Waals surface area contributed by atoms with Crippen LogP contribution in [-0.4, -0.2) is 13.2 Å². The normalized spacial score (nSPS) is 17.6. The molecule has 0 bridgehead atoms. The molecule has 0 aromatic rings. The molecule has 0 aliphatic heterocycles. The summed E-state index contributed by atoms with van der Waals surface area (Å²) in [6.07, 6.45) is 2.24.